The fourth-order valence-corrected chi connectivity index (χ4v) is 3.07. The fourth-order valence-electron chi connectivity index (χ4n) is 2.32. The number of rotatable bonds is 7. The number of hydrogen-bond acceptors (Lipinski definition) is 3. The van der Waals surface area contributed by atoms with Gasteiger partial charge in [0.25, 0.3) is 0 Å². The highest BCUT2D eigenvalue weighted by Crippen LogP contribution is 2.24. The van der Waals surface area contributed by atoms with Gasteiger partial charge in [-0.15, -0.1) is 11.3 Å². The molecule has 118 valence electrons. The summed E-state index contributed by atoms with van der Waals surface area (Å²) < 4.78 is 0. The molecule has 4 heteroatoms. The molecule has 0 bridgehead atoms. The summed E-state index contributed by atoms with van der Waals surface area (Å²) >= 11 is 1.71. The second-order valence-corrected chi connectivity index (χ2v) is 6.87. The maximum absolute atomic E-state index is 12.6. The van der Waals surface area contributed by atoms with Crippen LogP contribution in [0, 0.1) is 6.92 Å². The average Bonchev–Trinajstić information content (AvgIpc) is 2.98. The quantitative estimate of drug-likeness (QED) is 0.851. The zero-order chi connectivity index (χ0) is 15.9. The highest BCUT2D eigenvalue weighted by Gasteiger charge is 2.21. The SMILES string of the molecule is Cc1ccc(C(Cc2cccs2)C(=O)NCCN(C)C)cc1. The Bertz CT molecular complexity index is 576. The van der Waals surface area contributed by atoms with Crippen LogP contribution in [-0.2, 0) is 11.2 Å². The summed E-state index contributed by atoms with van der Waals surface area (Å²) in [6.07, 6.45) is 0.758. The molecule has 2 aromatic rings. The molecule has 22 heavy (non-hydrogen) atoms. The van der Waals surface area contributed by atoms with Crippen molar-refractivity contribution >= 4 is 17.2 Å². The lowest BCUT2D eigenvalue weighted by Gasteiger charge is -2.18. The zero-order valence-corrected chi connectivity index (χ0v) is 14.3. The number of carbonyl (C=O) groups excluding carboxylic acids is 1. The summed E-state index contributed by atoms with van der Waals surface area (Å²) in [5.41, 5.74) is 2.30. The van der Waals surface area contributed by atoms with Gasteiger partial charge in [-0.25, -0.2) is 0 Å². The molecule has 0 saturated carbocycles. The number of nitrogens with one attached hydrogen (secondary N) is 1. The molecule has 1 unspecified atom stereocenters. The van der Waals surface area contributed by atoms with Crippen LogP contribution in [0.15, 0.2) is 41.8 Å². The molecule has 1 amide bonds. The number of aryl methyl sites for hydroxylation is 1. The minimum absolute atomic E-state index is 0.110. The Morgan fingerprint density at radius 2 is 1.95 bits per heavy atom. The summed E-state index contributed by atoms with van der Waals surface area (Å²) in [5, 5.41) is 5.12. The van der Waals surface area contributed by atoms with E-state index in [1.807, 2.05) is 20.2 Å². The highest BCUT2D eigenvalue weighted by molar-refractivity contribution is 7.09. The maximum Gasteiger partial charge on any atom is 0.227 e. The van der Waals surface area contributed by atoms with Crippen molar-refractivity contribution in [2.24, 2.45) is 0 Å². The van der Waals surface area contributed by atoms with E-state index in [9.17, 15) is 4.79 Å². The lowest BCUT2D eigenvalue weighted by molar-refractivity contribution is -0.122. The van der Waals surface area contributed by atoms with E-state index in [-0.39, 0.29) is 11.8 Å². The second-order valence-electron chi connectivity index (χ2n) is 5.84. The van der Waals surface area contributed by atoms with Crippen molar-refractivity contribution < 1.29 is 4.79 Å². The lowest BCUT2D eigenvalue weighted by Crippen LogP contribution is -2.35. The van der Waals surface area contributed by atoms with E-state index in [1.54, 1.807) is 11.3 Å². The van der Waals surface area contributed by atoms with E-state index >= 15 is 0 Å². The van der Waals surface area contributed by atoms with E-state index < -0.39 is 0 Å². The Morgan fingerprint density at radius 3 is 2.55 bits per heavy atom. The number of hydrogen-bond donors (Lipinski definition) is 1. The van der Waals surface area contributed by atoms with Gasteiger partial charge in [-0.3, -0.25) is 4.79 Å². The van der Waals surface area contributed by atoms with Crippen LogP contribution < -0.4 is 5.32 Å². The minimum atomic E-state index is -0.124. The number of thiophene rings is 1. The van der Waals surface area contributed by atoms with Crippen molar-refractivity contribution in [1.29, 1.82) is 0 Å². The predicted octanol–water partition coefficient (Wildman–Crippen LogP) is 3.06. The molecule has 2 rings (SSSR count). The standard InChI is InChI=1S/C18H24N2OS/c1-14-6-8-15(9-7-14)17(13-16-5-4-12-22-16)18(21)19-10-11-20(2)3/h4-9,12,17H,10-11,13H2,1-3H3,(H,19,21). The molecular weight excluding hydrogens is 292 g/mol. The largest absolute Gasteiger partial charge is 0.354 e. The number of benzene rings is 1. The first-order valence-electron chi connectivity index (χ1n) is 7.57. The Labute approximate surface area is 137 Å². The molecule has 1 aromatic carbocycles. The van der Waals surface area contributed by atoms with Crippen LogP contribution in [0.1, 0.15) is 21.9 Å². The van der Waals surface area contributed by atoms with Gasteiger partial charge in [-0.1, -0.05) is 35.9 Å². The number of nitrogens with zero attached hydrogens (tertiary/aromatic N) is 1. The molecule has 1 aromatic heterocycles. The molecule has 1 atom stereocenters. The topological polar surface area (TPSA) is 32.3 Å². The van der Waals surface area contributed by atoms with Crippen molar-refractivity contribution in [2.75, 3.05) is 27.2 Å². The highest BCUT2D eigenvalue weighted by atomic mass is 32.1. The Balaban J connectivity index is 2.10. The van der Waals surface area contributed by atoms with Gasteiger partial charge in [-0.05, 0) is 44.4 Å². The molecule has 0 saturated heterocycles. The first-order valence-corrected chi connectivity index (χ1v) is 8.45. The third-order valence-corrected chi connectivity index (χ3v) is 4.54. The fraction of sp³-hybridized carbons (Fsp3) is 0.389. The normalized spacial score (nSPS) is 12.4. The van der Waals surface area contributed by atoms with Gasteiger partial charge in [-0.2, -0.15) is 0 Å². The van der Waals surface area contributed by atoms with Crippen LogP contribution in [0.3, 0.4) is 0 Å². The van der Waals surface area contributed by atoms with Crippen LogP contribution in [0.4, 0.5) is 0 Å². The third kappa shape index (κ3) is 4.97. The molecule has 0 radical (unpaired) electrons. The van der Waals surface area contributed by atoms with Gasteiger partial charge in [0.1, 0.15) is 0 Å². The smallest absolute Gasteiger partial charge is 0.227 e. The van der Waals surface area contributed by atoms with Crippen LogP contribution in [0.25, 0.3) is 0 Å². The third-order valence-electron chi connectivity index (χ3n) is 3.64. The molecule has 0 aliphatic rings. The lowest BCUT2D eigenvalue weighted by atomic mass is 9.93. The van der Waals surface area contributed by atoms with Gasteiger partial charge in [0, 0.05) is 18.0 Å². The molecular formula is C18H24N2OS. The van der Waals surface area contributed by atoms with Crippen LogP contribution in [-0.4, -0.2) is 38.0 Å². The number of carbonyl (C=O) groups is 1. The molecule has 0 aliphatic carbocycles. The minimum Gasteiger partial charge on any atom is -0.354 e. The summed E-state index contributed by atoms with van der Waals surface area (Å²) in [6.45, 7) is 3.60. The molecule has 0 aliphatic heterocycles. The summed E-state index contributed by atoms with van der Waals surface area (Å²) in [6, 6.07) is 12.4. The van der Waals surface area contributed by atoms with Gasteiger partial charge in [0.05, 0.1) is 5.92 Å². The van der Waals surface area contributed by atoms with Gasteiger partial charge in [0.15, 0.2) is 0 Å². The van der Waals surface area contributed by atoms with Crippen molar-refractivity contribution in [3.8, 4) is 0 Å². The van der Waals surface area contributed by atoms with E-state index in [4.69, 9.17) is 0 Å². The second kappa shape index (κ2) is 8.11. The number of amides is 1. The Hall–Kier alpha value is -1.65. The molecule has 0 spiro atoms. The Kier molecular flexibility index (Phi) is 6.16. The van der Waals surface area contributed by atoms with Crippen molar-refractivity contribution in [2.45, 2.75) is 19.3 Å². The maximum atomic E-state index is 12.6. The zero-order valence-electron chi connectivity index (χ0n) is 13.5. The first-order chi connectivity index (χ1) is 10.6. The van der Waals surface area contributed by atoms with Crippen molar-refractivity contribution in [1.82, 2.24) is 10.2 Å². The Morgan fingerprint density at radius 1 is 1.23 bits per heavy atom. The van der Waals surface area contributed by atoms with Gasteiger partial charge in [0.2, 0.25) is 5.91 Å². The van der Waals surface area contributed by atoms with E-state index in [2.05, 4.69) is 52.9 Å². The molecule has 1 heterocycles. The summed E-state index contributed by atoms with van der Waals surface area (Å²) in [7, 11) is 4.02. The molecule has 1 N–H and O–H groups in total. The average molecular weight is 316 g/mol. The van der Waals surface area contributed by atoms with Gasteiger partial charge < -0.3 is 10.2 Å². The first kappa shape index (κ1) is 16.7. The predicted molar refractivity (Wildman–Crippen MR) is 93.5 cm³/mol. The van der Waals surface area contributed by atoms with Crippen LogP contribution in [0.5, 0.6) is 0 Å². The van der Waals surface area contributed by atoms with Crippen molar-refractivity contribution in [3.05, 3.63) is 57.8 Å². The van der Waals surface area contributed by atoms with Crippen LogP contribution >= 0.6 is 11.3 Å². The van der Waals surface area contributed by atoms with E-state index in [0.29, 0.717) is 6.54 Å². The van der Waals surface area contributed by atoms with E-state index in [1.165, 1.54) is 10.4 Å². The van der Waals surface area contributed by atoms with Gasteiger partial charge >= 0.3 is 0 Å². The summed E-state index contributed by atoms with van der Waals surface area (Å²) in [5.74, 6) is -0.0134. The molecule has 3 nitrogen and oxygen atoms in total. The monoisotopic (exact) mass is 316 g/mol. The van der Waals surface area contributed by atoms with E-state index in [0.717, 1.165) is 18.5 Å². The summed E-state index contributed by atoms with van der Waals surface area (Å²) in [4.78, 5) is 15.9. The number of likely N-dealkylation sites (N-methyl/N-ethyl adjacent to an activating group) is 1. The molecule has 0 fully saturated rings. The van der Waals surface area contributed by atoms with Crippen molar-refractivity contribution in [3.63, 3.8) is 0 Å². The van der Waals surface area contributed by atoms with Crippen LogP contribution in [0.2, 0.25) is 0 Å².